The molecular formula is C27H31BrN2O3. The van der Waals surface area contributed by atoms with E-state index in [0.29, 0.717) is 12.3 Å². The molecule has 1 atom stereocenters. The number of benzene rings is 3. The molecular weight excluding hydrogens is 480 g/mol. The smallest absolute Gasteiger partial charge is 0.261 e. The van der Waals surface area contributed by atoms with Gasteiger partial charge in [-0.1, -0.05) is 60.2 Å². The Morgan fingerprint density at radius 2 is 1.70 bits per heavy atom. The van der Waals surface area contributed by atoms with Crippen LogP contribution in [-0.4, -0.2) is 34.9 Å². The molecule has 0 aliphatic rings. The molecule has 0 unspecified atom stereocenters. The van der Waals surface area contributed by atoms with Crippen molar-refractivity contribution in [2.24, 2.45) is 0 Å². The van der Waals surface area contributed by atoms with E-state index in [1.165, 1.54) is 0 Å². The van der Waals surface area contributed by atoms with Gasteiger partial charge >= 0.3 is 0 Å². The molecule has 3 rings (SSSR count). The van der Waals surface area contributed by atoms with Crippen molar-refractivity contribution in [3.05, 3.63) is 76.3 Å². The summed E-state index contributed by atoms with van der Waals surface area (Å²) in [5.74, 6) is 0.131. The van der Waals surface area contributed by atoms with Crippen LogP contribution in [0.4, 0.5) is 0 Å². The van der Waals surface area contributed by atoms with E-state index in [1.54, 1.807) is 11.8 Å². The normalized spacial score (nSPS) is 12.3. The molecule has 0 aliphatic carbocycles. The summed E-state index contributed by atoms with van der Waals surface area (Å²) < 4.78 is 6.71. The molecule has 0 saturated carbocycles. The average molecular weight is 511 g/mol. The molecule has 0 aromatic heterocycles. The molecule has 33 heavy (non-hydrogen) atoms. The van der Waals surface area contributed by atoms with Crippen molar-refractivity contribution in [1.29, 1.82) is 0 Å². The van der Waals surface area contributed by atoms with E-state index in [9.17, 15) is 9.59 Å². The van der Waals surface area contributed by atoms with Crippen LogP contribution in [0, 0.1) is 6.92 Å². The Kier molecular flexibility index (Phi) is 7.80. The maximum Gasteiger partial charge on any atom is 0.261 e. The second kappa shape index (κ2) is 10.4. The molecule has 3 aromatic carbocycles. The van der Waals surface area contributed by atoms with Gasteiger partial charge in [0.2, 0.25) is 5.91 Å². The Labute approximate surface area is 204 Å². The van der Waals surface area contributed by atoms with Crippen molar-refractivity contribution < 1.29 is 14.3 Å². The third-order valence-electron chi connectivity index (χ3n) is 5.32. The van der Waals surface area contributed by atoms with Gasteiger partial charge in [-0.2, -0.15) is 0 Å². The molecule has 0 spiro atoms. The highest BCUT2D eigenvalue weighted by Crippen LogP contribution is 2.33. The monoisotopic (exact) mass is 510 g/mol. The summed E-state index contributed by atoms with van der Waals surface area (Å²) in [6, 6.07) is 19.1. The first kappa shape index (κ1) is 24.8. The molecule has 0 heterocycles. The number of amides is 2. The minimum atomic E-state index is -0.651. The summed E-state index contributed by atoms with van der Waals surface area (Å²) in [6.45, 7) is 9.68. The second-order valence-corrected chi connectivity index (χ2v) is 10.1. The zero-order valence-corrected chi connectivity index (χ0v) is 21.4. The first-order valence-corrected chi connectivity index (χ1v) is 11.8. The van der Waals surface area contributed by atoms with Crippen LogP contribution in [0.2, 0.25) is 0 Å². The number of fused-ring (bicyclic) bond motifs is 1. The lowest BCUT2D eigenvalue weighted by molar-refractivity contribution is -0.142. The molecule has 0 aliphatic heterocycles. The maximum absolute atomic E-state index is 13.3. The molecule has 0 fully saturated rings. The lowest BCUT2D eigenvalue weighted by Gasteiger charge is -2.31. The summed E-state index contributed by atoms with van der Waals surface area (Å²) in [5.41, 5.74) is 1.70. The van der Waals surface area contributed by atoms with Gasteiger partial charge in [-0.05, 0) is 73.0 Å². The number of carbonyl (C=O) groups excluding carboxylic acids is 2. The maximum atomic E-state index is 13.3. The lowest BCUT2D eigenvalue weighted by atomic mass is 10.1. The van der Waals surface area contributed by atoms with E-state index in [4.69, 9.17) is 4.74 Å². The molecule has 0 bridgehead atoms. The van der Waals surface area contributed by atoms with Crippen molar-refractivity contribution in [3.63, 3.8) is 0 Å². The third kappa shape index (κ3) is 6.57. The largest absolute Gasteiger partial charge is 0.483 e. The van der Waals surface area contributed by atoms with E-state index in [0.717, 1.165) is 26.4 Å². The Bertz CT molecular complexity index is 1140. The number of hydrogen-bond donors (Lipinski definition) is 1. The van der Waals surface area contributed by atoms with Crippen LogP contribution in [0.5, 0.6) is 5.75 Å². The summed E-state index contributed by atoms with van der Waals surface area (Å²) in [7, 11) is 0. The van der Waals surface area contributed by atoms with Gasteiger partial charge in [-0.15, -0.1) is 0 Å². The summed E-state index contributed by atoms with van der Waals surface area (Å²) in [5, 5.41) is 5.06. The van der Waals surface area contributed by atoms with E-state index in [1.807, 2.05) is 88.4 Å². The van der Waals surface area contributed by atoms with Crippen LogP contribution in [0.25, 0.3) is 10.8 Å². The van der Waals surface area contributed by atoms with Crippen LogP contribution in [0.3, 0.4) is 0 Å². The highest BCUT2D eigenvalue weighted by atomic mass is 79.9. The molecule has 0 saturated heterocycles. The van der Waals surface area contributed by atoms with Gasteiger partial charge in [0, 0.05) is 12.1 Å². The van der Waals surface area contributed by atoms with Gasteiger partial charge in [0.25, 0.3) is 5.91 Å². The minimum absolute atomic E-state index is 0.171. The first-order chi connectivity index (χ1) is 15.5. The van der Waals surface area contributed by atoms with Crippen LogP contribution in [0.15, 0.2) is 65.1 Å². The van der Waals surface area contributed by atoms with Gasteiger partial charge in [0.05, 0.1) is 4.47 Å². The number of nitrogens with one attached hydrogen (secondary N) is 1. The standard InChI is InChI=1S/C27H31BrN2O3/c1-18-10-12-20(13-11-18)16-30(19(2)26(32)29-27(3,4)5)24(31)17-33-23-15-14-21-8-6-7-9-22(21)25(23)28/h6-15,19H,16-17H2,1-5H3,(H,29,32)/t19-/m1/s1. The van der Waals surface area contributed by atoms with Crippen molar-refractivity contribution in [2.75, 3.05) is 6.61 Å². The number of hydrogen-bond acceptors (Lipinski definition) is 3. The second-order valence-electron chi connectivity index (χ2n) is 9.31. The lowest BCUT2D eigenvalue weighted by Crippen LogP contribution is -2.53. The van der Waals surface area contributed by atoms with Crippen molar-refractivity contribution in [1.82, 2.24) is 10.2 Å². The van der Waals surface area contributed by atoms with Gasteiger partial charge in [-0.3, -0.25) is 9.59 Å². The topological polar surface area (TPSA) is 58.6 Å². The van der Waals surface area contributed by atoms with Crippen molar-refractivity contribution in [3.8, 4) is 5.75 Å². The number of aryl methyl sites for hydroxylation is 1. The number of rotatable bonds is 7. The van der Waals surface area contributed by atoms with Gasteiger partial charge < -0.3 is 15.0 Å². The van der Waals surface area contributed by atoms with E-state index >= 15 is 0 Å². The number of nitrogens with zero attached hydrogens (tertiary/aromatic N) is 1. The SMILES string of the molecule is Cc1ccc(CN(C(=O)COc2ccc3ccccc3c2Br)[C@H](C)C(=O)NC(C)(C)C)cc1. The highest BCUT2D eigenvalue weighted by Gasteiger charge is 2.28. The number of ether oxygens (including phenoxy) is 1. The third-order valence-corrected chi connectivity index (χ3v) is 6.14. The van der Waals surface area contributed by atoms with Gasteiger partial charge in [0.15, 0.2) is 6.61 Å². The predicted octanol–water partition coefficient (Wildman–Crippen LogP) is 5.62. The van der Waals surface area contributed by atoms with E-state index in [2.05, 4.69) is 21.2 Å². The van der Waals surface area contributed by atoms with Crippen LogP contribution < -0.4 is 10.1 Å². The van der Waals surface area contributed by atoms with Crippen LogP contribution in [0.1, 0.15) is 38.8 Å². The van der Waals surface area contributed by atoms with Crippen LogP contribution >= 0.6 is 15.9 Å². The molecule has 0 radical (unpaired) electrons. The van der Waals surface area contributed by atoms with Gasteiger partial charge in [-0.25, -0.2) is 0 Å². The fraction of sp³-hybridized carbons (Fsp3) is 0.333. The molecule has 5 nitrogen and oxygen atoms in total. The predicted molar refractivity (Wildman–Crippen MR) is 136 cm³/mol. The minimum Gasteiger partial charge on any atom is -0.483 e. The summed E-state index contributed by atoms with van der Waals surface area (Å²) in [4.78, 5) is 27.7. The fourth-order valence-electron chi connectivity index (χ4n) is 3.49. The molecule has 3 aromatic rings. The summed E-state index contributed by atoms with van der Waals surface area (Å²) in [6.07, 6.45) is 0. The van der Waals surface area contributed by atoms with Gasteiger partial charge in [0.1, 0.15) is 11.8 Å². The van der Waals surface area contributed by atoms with Crippen molar-refractivity contribution >= 4 is 38.5 Å². The Balaban J connectivity index is 1.80. The fourth-order valence-corrected chi connectivity index (χ4v) is 4.10. The Hall–Kier alpha value is -2.86. The van der Waals surface area contributed by atoms with E-state index in [-0.39, 0.29) is 18.4 Å². The van der Waals surface area contributed by atoms with E-state index < -0.39 is 11.6 Å². The highest BCUT2D eigenvalue weighted by molar-refractivity contribution is 9.10. The Morgan fingerprint density at radius 1 is 1.03 bits per heavy atom. The first-order valence-electron chi connectivity index (χ1n) is 11.0. The van der Waals surface area contributed by atoms with Crippen LogP contribution in [-0.2, 0) is 16.1 Å². The molecule has 2 amide bonds. The molecule has 174 valence electrons. The number of carbonyl (C=O) groups is 2. The number of halogens is 1. The quantitative estimate of drug-likeness (QED) is 0.448. The zero-order chi connectivity index (χ0) is 24.2. The average Bonchev–Trinajstić information content (AvgIpc) is 2.76. The molecule has 1 N–H and O–H groups in total. The summed E-state index contributed by atoms with van der Waals surface area (Å²) >= 11 is 3.60. The molecule has 6 heteroatoms. The van der Waals surface area contributed by atoms with Crippen molar-refractivity contribution in [2.45, 2.75) is 52.7 Å². The zero-order valence-electron chi connectivity index (χ0n) is 19.8. The Morgan fingerprint density at radius 3 is 2.36 bits per heavy atom.